The van der Waals surface area contributed by atoms with Crippen molar-refractivity contribution in [3.8, 4) is 0 Å². The van der Waals surface area contributed by atoms with Crippen molar-refractivity contribution in [1.29, 1.82) is 0 Å². The smallest absolute Gasteiger partial charge is 0.233 e. The second-order valence-electron chi connectivity index (χ2n) is 9.83. The number of nitrogens with zero attached hydrogens (tertiary/aromatic N) is 1. The van der Waals surface area contributed by atoms with Gasteiger partial charge >= 0.3 is 0 Å². The molecule has 1 atom stereocenters. The lowest BCUT2D eigenvalue weighted by Crippen LogP contribution is -2.52. The zero-order valence-corrected chi connectivity index (χ0v) is 15.7. The highest BCUT2D eigenvalue weighted by atomic mass is 16.2. The summed E-state index contributed by atoms with van der Waals surface area (Å²) in [7, 11) is 0. The van der Waals surface area contributed by atoms with Gasteiger partial charge in [0.05, 0.1) is 5.92 Å². The fourth-order valence-electron chi connectivity index (χ4n) is 6.90. The summed E-state index contributed by atoms with van der Waals surface area (Å²) in [6, 6.07) is 8.36. The minimum atomic E-state index is -0.154. The van der Waals surface area contributed by atoms with Gasteiger partial charge in [0.25, 0.3) is 0 Å². The molecule has 3 heteroatoms. The summed E-state index contributed by atoms with van der Waals surface area (Å²) in [6.07, 6.45) is 9.04. The average molecular weight is 351 g/mol. The summed E-state index contributed by atoms with van der Waals surface area (Å²) < 4.78 is 0. The fraction of sp³-hybridized carbons (Fsp3) is 0.652. The van der Waals surface area contributed by atoms with Crippen LogP contribution in [0, 0.1) is 36.0 Å². The van der Waals surface area contributed by atoms with E-state index in [1.807, 2.05) is 0 Å². The molecule has 1 aromatic carbocycles. The SMILES string of the molecule is Cc1ccc(C[C@H]2CC(=O)N(CC34CC5CC(CC(C5)C3)C4)C2=O)cc1. The van der Waals surface area contributed by atoms with Gasteiger partial charge in [-0.2, -0.15) is 0 Å². The van der Waals surface area contributed by atoms with Crippen molar-refractivity contribution in [2.45, 2.75) is 58.3 Å². The Balaban J connectivity index is 1.30. The van der Waals surface area contributed by atoms with Gasteiger partial charge in [0.1, 0.15) is 0 Å². The van der Waals surface area contributed by atoms with Crippen molar-refractivity contribution >= 4 is 11.8 Å². The van der Waals surface area contributed by atoms with Crippen LogP contribution in [0.5, 0.6) is 0 Å². The first-order valence-corrected chi connectivity index (χ1v) is 10.4. The standard InChI is InChI=1S/C23H29NO2/c1-15-2-4-16(5-3-15)9-20-10-21(25)24(22(20)26)14-23-11-17-6-18(12-23)8-19(7-17)13-23/h2-5,17-20H,6-14H2,1H3/t17?,18?,19?,20-,23?/m0/s1. The Hall–Kier alpha value is -1.64. The van der Waals surface area contributed by atoms with Crippen LogP contribution in [-0.4, -0.2) is 23.3 Å². The molecular weight excluding hydrogens is 322 g/mol. The molecule has 2 amide bonds. The van der Waals surface area contributed by atoms with Gasteiger partial charge in [-0.15, -0.1) is 0 Å². The van der Waals surface area contributed by atoms with E-state index in [0.29, 0.717) is 19.4 Å². The first-order valence-electron chi connectivity index (χ1n) is 10.4. The predicted octanol–water partition coefficient (Wildman–Crippen LogP) is 4.13. The Morgan fingerprint density at radius 3 is 2.12 bits per heavy atom. The quantitative estimate of drug-likeness (QED) is 0.765. The summed E-state index contributed by atoms with van der Waals surface area (Å²) in [6.45, 7) is 2.78. The minimum Gasteiger partial charge on any atom is -0.282 e. The average Bonchev–Trinajstić information content (AvgIpc) is 2.83. The number of carbonyl (C=O) groups is 2. The first kappa shape index (κ1) is 16.5. The number of carbonyl (C=O) groups excluding carboxylic acids is 2. The number of benzene rings is 1. The lowest BCUT2D eigenvalue weighted by atomic mass is 9.49. The molecular formula is C23H29NO2. The van der Waals surface area contributed by atoms with Crippen LogP contribution in [0.25, 0.3) is 0 Å². The van der Waals surface area contributed by atoms with Gasteiger partial charge in [-0.25, -0.2) is 0 Å². The van der Waals surface area contributed by atoms with Gasteiger partial charge in [0.2, 0.25) is 11.8 Å². The van der Waals surface area contributed by atoms with E-state index in [1.165, 1.54) is 49.7 Å². The van der Waals surface area contributed by atoms with Gasteiger partial charge in [0.15, 0.2) is 0 Å². The molecule has 0 aromatic heterocycles. The van der Waals surface area contributed by atoms with Gasteiger partial charge < -0.3 is 0 Å². The monoisotopic (exact) mass is 351 g/mol. The van der Waals surface area contributed by atoms with Crippen LogP contribution in [0.15, 0.2) is 24.3 Å². The molecule has 1 aromatic rings. The van der Waals surface area contributed by atoms with E-state index >= 15 is 0 Å². The molecule has 138 valence electrons. The minimum absolute atomic E-state index is 0.0721. The Morgan fingerprint density at radius 1 is 0.962 bits per heavy atom. The van der Waals surface area contributed by atoms with Gasteiger partial charge in [-0.3, -0.25) is 14.5 Å². The van der Waals surface area contributed by atoms with Crippen LogP contribution >= 0.6 is 0 Å². The molecule has 5 aliphatic rings. The second kappa shape index (κ2) is 5.94. The Labute approximate surface area is 156 Å². The number of amides is 2. The first-order chi connectivity index (χ1) is 12.5. The van der Waals surface area contributed by atoms with E-state index in [0.717, 1.165) is 17.8 Å². The van der Waals surface area contributed by atoms with E-state index in [9.17, 15) is 9.59 Å². The molecule has 6 rings (SSSR count). The molecule has 0 N–H and O–H groups in total. The van der Waals surface area contributed by atoms with Gasteiger partial charge in [0, 0.05) is 13.0 Å². The highest BCUT2D eigenvalue weighted by Gasteiger charge is 2.53. The van der Waals surface area contributed by atoms with Crippen molar-refractivity contribution in [2.24, 2.45) is 29.1 Å². The summed E-state index contributed by atoms with van der Waals surface area (Å²) in [5, 5.41) is 0. The Morgan fingerprint density at radius 2 is 1.54 bits per heavy atom. The molecule has 0 unspecified atom stereocenters. The largest absolute Gasteiger partial charge is 0.282 e. The van der Waals surface area contributed by atoms with Crippen molar-refractivity contribution in [1.82, 2.24) is 4.90 Å². The zero-order chi connectivity index (χ0) is 17.9. The Kier molecular flexibility index (Phi) is 3.77. The predicted molar refractivity (Wildman–Crippen MR) is 100 cm³/mol. The molecule has 1 aliphatic heterocycles. The third-order valence-electron chi connectivity index (χ3n) is 7.60. The number of hydrogen-bond acceptors (Lipinski definition) is 2. The fourth-order valence-corrected chi connectivity index (χ4v) is 6.90. The van der Waals surface area contributed by atoms with Crippen LogP contribution in [0.1, 0.15) is 56.1 Å². The normalized spacial score (nSPS) is 38.4. The van der Waals surface area contributed by atoms with Gasteiger partial charge in [-0.05, 0) is 80.6 Å². The number of hydrogen-bond donors (Lipinski definition) is 0. The van der Waals surface area contributed by atoms with E-state index in [2.05, 4.69) is 31.2 Å². The Bertz CT molecular complexity index is 700. The second-order valence-corrected chi connectivity index (χ2v) is 9.83. The third-order valence-corrected chi connectivity index (χ3v) is 7.60. The summed E-state index contributed by atoms with van der Waals surface area (Å²) in [4.78, 5) is 27.3. The van der Waals surface area contributed by atoms with E-state index in [4.69, 9.17) is 0 Å². The highest BCUT2D eigenvalue weighted by molar-refractivity contribution is 6.03. The maximum atomic E-state index is 13.0. The van der Waals surface area contributed by atoms with E-state index in [-0.39, 0.29) is 23.1 Å². The molecule has 1 saturated heterocycles. The van der Waals surface area contributed by atoms with Crippen molar-refractivity contribution in [3.63, 3.8) is 0 Å². The molecule has 4 saturated carbocycles. The molecule has 4 bridgehead atoms. The number of likely N-dealkylation sites (tertiary alicyclic amines) is 1. The topological polar surface area (TPSA) is 37.4 Å². The summed E-state index contributed by atoms with van der Waals surface area (Å²) in [5.41, 5.74) is 2.64. The molecule has 4 aliphatic carbocycles. The van der Waals surface area contributed by atoms with Crippen LogP contribution < -0.4 is 0 Å². The van der Waals surface area contributed by atoms with E-state index < -0.39 is 0 Å². The number of aryl methyl sites for hydroxylation is 1. The van der Waals surface area contributed by atoms with Crippen LogP contribution in [0.4, 0.5) is 0 Å². The van der Waals surface area contributed by atoms with Crippen molar-refractivity contribution in [2.75, 3.05) is 6.54 Å². The molecule has 0 radical (unpaired) electrons. The van der Waals surface area contributed by atoms with Gasteiger partial charge in [-0.1, -0.05) is 29.8 Å². The van der Waals surface area contributed by atoms with Crippen molar-refractivity contribution < 1.29 is 9.59 Å². The maximum absolute atomic E-state index is 13.0. The molecule has 3 nitrogen and oxygen atoms in total. The lowest BCUT2D eigenvalue weighted by Gasteiger charge is -2.57. The molecule has 1 heterocycles. The van der Waals surface area contributed by atoms with Crippen LogP contribution in [0.3, 0.4) is 0 Å². The molecule has 26 heavy (non-hydrogen) atoms. The maximum Gasteiger partial charge on any atom is 0.233 e. The summed E-state index contributed by atoms with van der Waals surface area (Å²) >= 11 is 0. The third kappa shape index (κ3) is 2.80. The highest BCUT2D eigenvalue weighted by Crippen LogP contribution is 2.60. The summed E-state index contributed by atoms with van der Waals surface area (Å²) in [5.74, 6) is 2.58. The zero-order valence-electron chi connectivity index (χ0n) is 15.7. The van der Waals surface area contributed by atoms with Crippen molar-refractivity contribution in [3.05, 3.63) is 35.4 Å². The van der Waals surface area contributed by atoms with Crippen LogP contribution in [-0.2, 0) is 16.0 Å². The number of rotatable bonds is 4. The number of imide groups is 1. The lowest BCUT2D eigenvalue weighted by molar-refractivity contribution is -0.145. The molecule has 0 spiro atoms. The van der Waals surface area contributed by atoms with Crippen LogP contribution in [0.2, 0.25) is 0 Å². The molecule has 5 fully saturated rings. The van der Waals surface area contributed by atoms with E-state index in [1.54, 1.807) is 4.90 Å².